The lowest BCUT2D eigenvalue weighted by atomic mass is 10.2. The topological polar surface area (TPSA) is 97.7 Å². The fourth-order valence-electron chi connectivity index (χ4n) is 2.16. The van der Waals surface area contributed by atoms with E-state index in [4.69, 9.17) is 4.74 Å². The SMILES string of the molecule is COc1n[nH]c(NC(=O)c2cnn(-c3ccccc3F)c2C(F)(F)F)n1. The quantitative estimate of drug-likeness (QED) is 0.688. The molecule has 0 spiro atoms. The van der Waals surface area contributed by atoms with Crippen LogP contribution in [0.15, 0.2) is 30.5 Å². The van der Waals surface area contributed by atoms with Crippen molar-refractivity contribution in [1.82, 2.24) is 25.0 Å². The van der Waals surface area contributed by atoms with E-state index in [9.17, 15) is 22.4 Å². The Kier molecular flexibility index (Phi) is 4.32. The van der Waals surface area contributed by atoms with Crippen LogP contribution in [0.1, 0.15) is 16.1 Å². The second kappa shape index (κ2) is 6.46. The minimum atomic E-state index is -4.97. The van der Waals surface area contributed by atoms with Crippen molar-refractivity contribution in [2.24, 2.45) is 0 Å². The first-order valence-corrected chi connectivity index (χ1v) is 6.99. The Morgan fingerprint density at radius 3 is 2.65 bits per heavy atom. The van der Waals surface area contributed by atoms with Gasteiger partial charge < -0.3 is 4.74 Å². The van der Waals surface area contributed by atoms with Crippen LogP contribution < -0.4 is 10.1 Å². The first-order chi connectivity index (χ1) is 12.3. The molecule has 2 N–H and O–H groups in total. The number of H-pyrrole nitrogens is 1. The van der Waals surface area contributed by atoms with E-state index in [1.165, 1.54) is 19.2 Å². The molecule has 0 saturated carbocycles. The molecule has 0 aliphatic rings. The van der Waals surface area contributed by atoms with Crippen molar-refractivity contribution >= 4 is 11.9 Å². The van der Waals surface area contributed by atoms with Crippen molar-refractivity contribution in [3.63, 3.8) is 0 Å². The highest BCUT2D eigenvalue weighted by Gasteiger charge is 2.41. The third kappa shape index (κ3) is 3.20. The summed E-state index contributed by atoms with van der Waals surface area (Å²) in [6.45, 7) is 0. The van der Waals surface area contributed by atoms with Crippen LogP contribution in [0.3, 0.4) is 0 Å². The van der Waals surface area contributed by atoms with Crippen LogP contribution in [-0.4, -0.2) is 38.0 Å². The molecule has 2 heterocycles. The molecule has 0 aliphatic carbocycles. The zero-order valence-electron chi connectivity index (χ0n) is 13.0. The second-order valence-corrected chi connectivity index (χ2v) is 4.89. The van der Waals surface area contributed by atoms with E-state index in [1.807, 2.05) is 0 Å². The molecule has 0 atom stereocenters. The molecule has 8 nitrogen and oxygen atoms in total. The molecule has 0 unspecified atom stereocenters. The van der Waals surface area contributed by atoms with Crippen molar-refractivity contribution in [3.8, 4) is 11.7 Å². The smallest absolute Gasteiger partial charge is 0.434 e. The number of aromatic nitrogens is 5. The van der Waals surface area contributed by atoms with E-state index in [1.54, 1.807) is 0 Å². The number of anilines is 1. The number of nitrogens with zero attached hydrogens (tertiary/aromatic N) is 4. The largest absolute Gasteiger partial charge is 0.466 e. The summed E-state index contributed by atoms with van der Waals surface area (Å²) in [5.74, 6) is -2.30. The van der Waals surface area contributed by atoms with E-state index < -0.39 is 34.8 Å². The van der Waals surface area contributed by atoms with Gasteiger partial charge in [0, 0.05) is 0 Å². The zero-order valence-corrected chi connectivity index (χ0v) is 13.0. The van der Waals surface area contributed by atoms with E-state index in [2.05, 4.69) is 25.6 Å². The van der Waals surface area contributed by atoms with Crippen molar-refractivity contribution in [1.29, 1.82) is 0 Å². The van der Waals surface area contributed by atoms with Gasteiger partial charge in [-0.1, -0.05) is 12.1 Å². The monoisotopic (exact) mass is 370 g/mol. The molecule has 0 radical (unpaired) electrons. The number of methoxy groups -OCH3 is 1. The summed E-state index contributed by atoms with van der Waals surface area (Å²) in [4.78, 5) is 15.9. The summed E-state index contributed by atoms with van der Waals surface area (Å²) in [7, 11) is 1.27. The van der Waals surface area contributed by atoms with Gasteiger partial charge in [-0.15, -0.1) is 5.10 Å². The maximum Gasteiger partial charge on any atom is 0.434 e. The van der Waals surface area contributed by atoms with Crippen molar-refractivity contribution in [3.05, 3.63) is 47.5 Å². The molecule has 26 heavy (non-hydrogen) atoms. The molecule has 1 aromatic carbocycles. The predicted octanol–water partition coefficient (Wildman–Crippen LogP) is 2.41. The number of alkyl halides is 3. The van der Waals surface area contributed by atoms with Gasteiger partial charge in [-0.2, -0.15) is 23.3 Å². The van der Waals surface area contributed by atoms with Gasteiger partial charge >= 0.3 is 12.2 Å². The lowest BCUT2D eigenvalue weighted by Crippen LogP contribution is -2.21. The summed E-state index contributed by atoms with van der Waals surface area (Å²) in [6.07, 6.45) is -4.28. The Morgan fingerprint density at radius 2 is 2.04 bits per heavy atom. The lowest BCUT2D eigenvalue weighted by Gasteiger charge is -2.12. The number of carbonyl (C=O) groups is 1. The van der Waals surface area contributed by atoms with Crippen LogP contribution in [-0.2, 0) is 6.18 Å². The molecule has 0 aliphatic heterocycles. The molecule has 1 amide bonds. The van der Waals surface area contributed by atoms with Crippen molar-refractivity contribution < 1.29 is 27.1 Å². The van der Waals surface area contributed by atoms with Crippen LogP contribution in [0.2, 0.25) is 0 Å². The third-order valence-electron chi connectivity index (χ3n) is 3.24. The fourth-order valence-corrected chi connectivity index (χ4v) is 2.16. The molecular weight excluding hydrogens is 360 g/mol. The number of hydrogen-bond acceptors (Lipinski definition) is 5. The van der Waals surface area contributed by atoms with Crippen LogP contribution in [0.25, 0.3) is 5.69 Å². The number of ether oxygens (including phenoxy) is 1. The Balaban J connectivity index is 2.02. The summed E-state index contributed by atoms with van der Waals surface area (Å²) in [5, 5.41) is 11.5. The Bertz CT molecular complexity index is 949. The molecule has 3 aromatic rings. The van der Waals surface area contributed by atoms with E-state index in [0.29, 0.717) is 10.9 Å². The summed E-state index contributed by atoms with van der Waals surface area (Å²) in [5.41, 5.74) is -2.68. The van der Waals surface area contributed by atoms with Crippen LogP contribution in [0.5, 0.6) is 6.01 Å². The number of amides is 1. The average Bonchev–Trinajstić information content (AvgIpc) is 3.21. The van der Waals surface area contributed by atoms with E-state index >= 15 is 0 Å². The number of benzene rings is 1. The van der Waals surface area contributed by atoms with Gasteiger partial charge in [-0.05, 0) is 12.1 Å². The number of halogens is 4. The van der Waals surface area contributed by atoms with Crippen LogP contribution >= 0.6 is 0 Å². The van der Waals surface area contributed by atoms with Gasteiger partial charge in [0.15, 0.2) is 5.69 Å². The number of hydrogen-bond donors (Lipinski definition) is 2. The predicted molar refractivity (Wildman–Crippen MR) is 79.4 cm³/mol. The molecular formula is C14H10F4N6O2. The highest BCUT2D eigenvalue weighted by Crippen LogP contribution is 2.34. The summed E-state index contributed by atoms with van der Waals surface area (Å²) < 4.78 is 59.4. The molecule has 0 saturated heterocycles. The first-order valence-electron chi connectivity index (χ1n) is 6.99. The number of para-hydroxylation sites is 1. The first kappa shape index (κ1) is 17.4. The Hall–Kier alpha value is -3.44. The summed E-state index contributed by atoms with van der Waals surface area (Å²) >= 11 is 0. The highest BCUT2D eigenvalue weighted by atomic mass is 19.4. The van der Waals surface area contributed by atoms with Gasteiger partial charge in [0.25, 0.3) is 5.91 Å². The third-order valence-corrected chi connectivity index (χ3v) is 3.24. The van der Waals surface area contributed by atoms with Crippen molar-refractivity contribution in [2.75, 3.05) is 12.4 Å². The molecule has 136 valence electrons. The lowest BCUT2D eigenvalue weighted by molar-refractivity contribution is -0.143. The standard InChI is InChI=1S/C14H10F4N6O2/c1-26-13-21-12(22-23-13)20-11(25)7-6-19-24(10(7)14(16,17)18)9-5-3-2-4-8(9)15/h2-6H,1H3,(H2,20,21,22,23,25). The van der Waals surface area contributed by atoms with Crippen LogP contribution in [0.4, 0.5) is 23.5 Å². The number of aromatic amines is 1. The fraction of sp³-hybridized carbons (Fsp3) is 0.143. The van der Waals surface area contributed by atoms with E-state index in [0.717, 1.165) is 12.1 Å². The number of carbonyl (C=O) groups excluding carboxylic acids is 1. The maximum atomic E-state index is 13.9. The minimum absolute atomic E-state index is 0.113. The minimum Gasteiger partial charge on any atom is -0.466 e. The van der Waals surface area contributed by atoms with Gasteiger partial charge in [-0.25, -0.2) is 14.2 Å². The van der Waals surface area contributed by atoms with E-state index in [-0.39, 0.29) is 12.0 Å². The molecule has 3 rings (SSSR count). The maximum absolute atomic E-state index is 13.9. The van der Waals surface area contributed by atoms with Gasteiger partial charge in [0.1, 0.15) is 11.5 Å². The summed E-state index contributed by atoms with van der Waals surface area (Å²) in [6, 6.07) is 4.65. The Labute approximate surface area is 142 Å². The molecule has 0 bridgehead atoms. The van der Waals surface area contributed by atoms with Gasteiger partial charge in [0.2, 0.25) is 5.95 Å². The normalized spacial score (nSPS) is 11.4. The second-order valence-electron chi connectivity index (χ2n) is 4.89. The highest BCUT2D eigenvalue weighted by molar-refractivity contribution is 6.04. The average molecular weight is 370 g/mol. The number of nitrogens with one attached hydrogen (secondary N) is 2. The Morgan fingerprint density at radius 1 is 1.31 bits per heavy atom. The number of rotatable bonds is 4. The molecule has 2 aromatic heterocycles. The van der Waals surface area contributed by atoms with Gasteiger partial charge in [0.05, 0.1) is 18.9 Å². The van der Waals surface area contributed by atoms with Crippen LogP contribution in [0, 0.1) is 5.82 Å². The van der Waals surface area contributed by atoms with Gasteiger partial charge in [-0.3, -0.25) is 10.1 Å². The van der Waals surface area contributed by atoms with Crippen molar-refractivity contribution in [2.45, 2.75) is 6.18 Å². The molecule has 12 heteroatoms. The zero-order chi connectivity index (χ0) is 18.9. The molecule has 0 fully saturated rings.